The van der Waals surface area contributed by atoms with Crippen LogP contribution in [0.15, 0.2) is 24.3 Å². The Balaban J connectivity index is 1.86. The first-order chi connectivity index (χ1) is 10.0. The topological polar surface area (TPSA) is 102 Å². The van der Waals surface area contributed by atoms with Gasteiger partial charge >= 0.3 is 0 Å². The van der Waals surface area contributed by atoms with Crippen molar-refractivity contribution < 1.29 is 19.4 Å². The van der Waals surface area contributed by atoms with E-state index in [1.165, 1.54) is 0 Å². The average molecular weight is 292 g/mol. The van der Waals surface area contributed by atoms with Gasteiger partial charge in [0.1, 0.15) is 5.75 Å². The van der Waals surface area contributed by atoms with Gasteiger partial charge in [0.05, 0.1) is 6.10 Å². The van der Waals surface area contributed by atoms with E-state index in [1.54, 1.807) is 24.3 Å². The van der Waals surface area contributed by atoms with E-state index in [-0.39, 0.29) is 24.7 Å². The largest absolute Gasteiger partial charge is 0.484 e. The van der Waals surface area contributed by atoms with Crippen molar-refractivity contribution >= 4 is 11.8 Å². The third-order valence-electron chi connectivity index (χ3n) is 3.53. The first-order valence-electron chi connectivity index (χ1n) is 7.04. The van der Waals surface area contributed by atoms with Gasteiger partial charge in [0.15, 0.2) is 6.61 Å². The van der Waals surface area contributed by atoms with E-state index in [0.717, 1.165) is 25.7 Å². The molecule has 1 aliphatic carbocycles. The predicted molar refractivity (Wildman–Crippen MR) is 76.9 cm³/mol. The highest BCUT2D eigenvalue weighted by atomic mass is 16.5. The van der Waals surface area contributed by atoms with Gasteiger partial charge in [0, 0.05) is 11.6 Å². The molecule has 0 spiro atoms. The zero-order chi connectivity index (χ0) is 15.2. The minimum absolute atomic E-state index is 0.117. The van der Waals surface area contributed by atoms with Crippen LogP contribution in [0.4, 0.5) is 0 Å². The summed E-state index contributed by atoms with van der Waals surface area (Å²) in [4.78, 5) is 22.7. The highest BCUT2D eigenvalue weighted by Gasteiger charge is 2.21. The summed E-state index contributed by atoms with van der Waals surface area (Å²) >= 11 is 0. The summed E-state index contributed by atoms with van der Waals surface area (Å²) < 4.78 is 5.13. The summed E-state index contributed by atoms with van der Waals surface area (Å²) in [5.74, 6) is -0.194. The monoisotopic (exact) mass is 292 g/mol. The van der Waals surface area contributed by atoms with Crippen LogP contribution in [0.25, 0.3) is 0 Å². The number of amides is 2. The summed E-state index contributed by atoms with van der Waals surface area (Å²) in [6, 6.07) is 6.66. The van der Waals surface area contributed by atoms with Gasteiger partial charge < -0.3 is 20.9 Å². The lowest BCUT2D eigenvalue weighted by Crippen LogP contribution is -2.38. The molecule has 1 saturated carbocycles. The molecule has 6 heteroatoms. The number of benzene rings is 1. The fourth-order valence-electron chi connectivity index (χ4n) is 2.35. The zero-order valence-corrected chi connectivity index (χ0v) is 11.7. The third-order valence-corrected chi connectivity index (χ3v) is 3.53. The van der Waals surface area contributed by atoms with Crippen LogP contribution in [0.5, 0.6) is 5.75 Å². The van der Waals surface area contributed by atoms with E-state index in [2.05, 4.69) is 5.32 Å². The van der Waals surface area contributed by atoms with Crippen molar-refractivity contribution in [2.75, 3.05) is 6.61 Å². The standard InChI is InChI=1S/C15H20N2O4/c16-14(19)9-21-13-7-1-10(2-8-13)15(20)17-11-3-5-12(18)6-4-11/h1-2,7-8,11-12,18H,3-6,9H2,(H2,16,19)(H,17,20). The summed E-state index contributed by atoms with van der Waals surface area (Å²) in [6.45, 7) is -0.185. The Morgan fingerprint density at radius 2 is 1.81 bits per heavy atom. The van der Waals surface area contributed by atoms with Crippen LogP contribution >= 0.6 is 0 Å². The number of hydrogen-bond acceptors (Lipinski definition) is 4. The SMILES string of the molecule is NC(=O)COc1ccc(C(=O)NC2CCC(O)CC2)cc1. The zero-order valence-electron chi connectivity index (χ0n) is 11.7. The summed E-state index contributed by atoms with van der Waals surface area (Å²) in [5, 5.41) is 12.4. The lowest BCUT2D eigenvalue weighted by Gasteiger charge is -2.26. The lowest BCUT2D eigenvalue weighted by atomic mass is 9.93. The van der Waals surface area contributed by atoms with E-state index in [1.807, 2.05) is 0 Å². The second-order valence-corrected chi connectivity index (χ2v) is 5.26. The van der Waals surface area contributed by atoms with Crippen molar-refractivity contribution in [2.24, 2.45) is 5.73 Å². The minimum Gasteiger partial charge on any atom is -0.484 e. The third kappa shape index (κ3) is 4.75. The molecule has 1 aliphatic rings. The van der Waals surface area contributed by atoms with Crippen LogP contribution in [-0.2, 0) is 4.79 Å². The van der Waals surface area contributed by atoms with E-state index in [4.69, 9.17) is 10.5 Å². The maximum absolute atomic E-state index is 12.1. The second-order valence-electron chi connectivity index (χ2n) is 5.26. The van der Waals surface area contributed by atoms with Gasteiger partial charge in [-0.05, 0) is 49.9 Å². The van der Waals surface area contributed by atoms with Gasteiger partial charge in [0.25, 0.3) is 11.8 Å². The molecular weight excluding hydrogens is 272 g/mol. The summed E-state index contributed by atoms with van der Waals surface area (Å²) in [7, 11) is 0. The molecule has 0 aromatic heterocycles. The Kier molecular flexibility index (Phi) is 5.16. The molecule has 4 N–H and O–H groups in total. The fourth-order valence-corrected chi connectivity index (χ4v) is 2.35. The molecule has 21 heavy (non-hydrogen) atoms. The van der Waals surface area contributed by atoms with Crippen LogP contribution < -0.4 is 15.8 Å². The number of carbonyl (C=O) groups is 2. The van der Waals surface area contributed by atoms with Crippen molar-refractivity contribution in [3.63, 3.8) is 0 Å². The maximum atomic E-state index is 12.1. The first kappa shape index (κ1) is 15.3. The molecule has 0 radical (unpaired) electrons. The van der Waals surface area contributed by atoms with Crippen molar-refractivity contribution in [2.45, 2.75) is 37.8 Å². The number of primary amides is 1. The average Bonchev–Trinajstić information content (AvgIpc) is 2.48. The molecular formula is C15H20N2O4. The van der Waals surface area contributed by atoms with Crippen molar-refractivity contribution in [3.05, 3.63) is 29.8 Å². The van der Waals surface area contributed by atoms with Gasteiger partial charge in [-0.3, -0.25) is 9.59 Å². The smallest absolute Gasteiger partial charge is 0.255 e. The van der Waals surface area contributed by atoms with E-state index in [0.29, 0.717) is 11.3 Å². The van der Waals surface area contributed by atoms with E-state index < -0.39 is 5.91 Å². The molecule has 1 fully saturated rings. The number of aliphatic hydroxyl groups excluding tert-OH is 1. The lowest BCUT2D eigenvalue weighted by molar-refractivity contribution is -0.119. The molecule has 0 bridgehead atoms. The number of ether oxygens (including phenoxy) is 1. The molecule has 0 saturated heterocycles. The number of aliphatic hydroxyl groups is 1. The molecule has 0 unspecified atom stereocenters. The van der Waals surface area contributed by atoms with Gasteiger partial charge in [-0.15, -0.1) is 0 Å². The molecule has 1 aromatic rings. The Morgan fingerprint density at radius 1 is 1.19 bits per heavy atom. The Hall–Kier alpha value is -2.08. The summed E-state index contributed by atoms with van der Waals surface area (Å²) in [5.41, 5.74) is 5.52. The normalized spacial score (nSPS) is 21.6. The number of hydrogen-bond donors (Lipinski definition) is 3. The van der Waals surface area contributed by atoms with Gasteiger partial charge in [-0.2, -0.15) is 0 Å². The molecule has 2 amide bonds. The number of rotatable bonds is 5. The minimum atomic E-state index is -0.545. The van der Waals surface area contributed by atoms with Gasteiger partial charge in [-0.25, -0.2) is 0 Å². The molecule has 114 valence electrons. The first-order valence-corrected chi connectivity index (χ1v) is 7.04. The Labute approximate surface area is 123 Å². The molecule has 0 aliphatic heterocycles. The number of carbonyl (C=O) groups excluding carboxylic acids is 2. The molecule has 2 rings (SSSR count). The van der Waals surface area contributed by atoms with Crippen LogP contribution in [0.2, 0.25) is 0 Å². The van der Waals surface area contributed by atoms with Crippen LogP contribution in [0, 0.1) is 0 Å². The summed E-state index contributed by atoms with van der Waals surface area (Å²) in [6.07, 6.45) is 2.81. The molecule has 6 nitrogen and oxygen atoms in total. The van der Waals surface area contributed by atoms with Crippen molar-refractivity contribution in [3.8, 4) is 5.75 Å². The molecule has 1 aromatic carbocycles. The van der Waals surface area contributed by atoms with Crippen molar-refractivity contribution in [1.29, 1.82) is 0 Å². The van der Waals surface area contributed by atoms with Crippen LogP contribution in [-0.4, -0.2) is 35.7 Å². The van der Waals surface area contributed by atoms with E-state index >= 15 is 0 Å². The number of nitrogens with two attached hydrogens (primary N) is 1. The fraction of sp³-hybridized carbons (Fsp3) is 0.467. The molecule has 0 heterocycles. The Morgan fingerprint density at radius 3 is 2.38 bits per heavy atom. The maximum Gasteiger partial charge on any atom is 0.255 e. The highest BCUT2D eigenvalue weighted by Crippen LogP contribution is 2.19. The van der Waals surface area contributed by atoms with Gasteiger partial charge in [-0.1, -0.05) is 0 Å². The molecule has 0 atom stereocenters. The van der Waals surface area contributed by atoms with Crippen LogP contribution in [0.3, 0.4) is 0 Å². The van der Waals surface area contributed by atoms with E-state index in [9.17, 15) is 14.7 Å². The Bertz CT molecular complexity index is 493. The second kappa shape index (κ2) is 7.08. The van der Waals surface area contributed by atoms with Crippen molar-refractivity contribution in [1.82, 2.24) is 5.32 Å². The predicted octanol–water partition coefficient (Wildman–Crippen LogP) is 0.584. The highest BCUT2D eigenvalue weighted by molar-refractivity contribution is 5.94. The number of nitrogens with one attached hydrogen (secondary N) is 1. The van der Waals surface area contributed by atoms with Crippen LogP contribution in [0.1, 0.15) is 36.0 Å². The quantitative estimate of drug-likeness (QED) is 0.739. The van der Waals surface area contributed by atoms with Gasteiger partial charge in [0.2, 0.25) is 0 Å².